The summed E-state index contributed by atoms with van der Waals surface area (Å²) in [6.07, 6.45) is 0.438. The third kappa shape index (κ3) is 5.69. The summed E-state index contributed by atoms with van der Waals surface area (Å²) in [7, 11) is 0. The molecule has 0 saturated carbocycles. The van der Waals surface area contributed by atoms with Crippen molar-refractivity contribution in [2.45, 2.75) is 45.8 Å². The first-order valence-corrected chi connectivity index (χ1v) is 8.22. The number of ether oxygens (including phenoxy) is 1. The Hall–Kier alpha value is -2.36. The highest BCUT2D eigenvalue weighted by atomic mass is 19.1. The van der Waals surface area contributed by atoms with Crippen molar-refractivity contribution in [3.63, 3.8) is 0 Å². The van der Waals surface area contributed by atoms with Gasteiger partial charge in [0.25, 0.3) is 0 Å². The molecule has 24 heavy (non-hydrogen) atoms. The zero-order chi connectivity index (χ0) is 17.5. The van der Waals surface area contributed by atoms with Crippen LogP contribution in [0.2, 0.25) is 0 Å². The van der Waals surface area contributed by atoms with Crippen molar-refractivity contribution in [3.8, 4) is 5.75 Å². The SMILES string of the molecule is CC(C)Oc1cccc(CNC(=O)CC(C)c2cccc(F)c2)c1. The van der Waals surface area contributed by atoms with Crippen LogP contribution in [0.25, 0.3) is 0 Å². The predicted octanol–water partition coefficient (Wildman–Crippen LogP) is 4.42. The van der Waals surface area contributed by atoms with Crippen LogP contribution >= 0.6 is 0 Å². The summed E-state index contributed by atoms with van der Waals surface area (Å²) in [6, 6.07) is 14.1. The molecule has 0 heterocycles. The van der Waals surface area contributed by atoms with E-state index in [2.05, 4.69) is 5.32 Å². The van der Waals surface area contributed by atoms with Gasteiger partial charge >= 0.3 is 0 Å². The molecule has 1 amide bonds. The quantitative estimate of drug-likeness (QED) is 0.816. The Morgan fingerprint density at radius 2 is 1.88 bits per heavy atom. The van der Waals surface area contributed by atoms with Gasteiger partial charge in [-0.3, -0.25) is 4.79 Å². The van der Waals surface area contributed by atoms with Crippen LogP contribution in [0.4, 0.5) is 4.39 Å². The zero-order valence-corrected chi connectivity index (χ0v) is 14.4. The number of carbonyl (C=O) groups excluding carboxylic acids is 1. The molecular formula is C20H24FNO2. The molecule has 0 radical (unpaired) electrons. The van der Waals surface area contributed by atoms with E-state index in [9.17, 15) is 9.18 Å². The van der Waals surface area contributed by atoms with Gasteiger partial charge in [0.2, 0.25) is 5.91 Å². The summed E-state index contributed by atoms with van der Waals surface area (Å²) in [6.45, 7) is 6.32. The highest BCUT2D eigenvalue weighted by Crippen LogP contribution is 2.20. The number of hydrogen-bond acceptors (Lipinski definition) is 2. The van der Waals surface area contributed by atoms with Crippen LogP contribution in [0.3, 0.4) is 0 Å². The van der Waals surface area contributed by atoms with Gasteiger partial charge in [-0.2, -0.15) is 0 Å². The molecule has 0 fully saturated rings. The largest absolute Gasteiger partial charge is 0.491 e. The number of carbonyl (C=O) groups is 1. The standard InChI is InChI=1S/C20H24FNO2/c1-14(2)24-19-9-4-6-16(11-19)13-22-20(23)10-15(3)17-7-5-8-18(21)12-17/h4-9,11-12,14-15H,10,13H2,1-3H3,(H,22,23). The zero-order valence-electron chi connectivity index (χ0n) is 14.4. The maximum absolute atomic E-state index is 13.3. The van der Waals surface area contributed by atoms with E-state index >= 15 is 0 Å². The molecule has 2 rings (SSSR count). The van der Waals surface area contributed by atoms with E-state index in [0.29, 0.717) is 13.0 Å². The Morgan fingerprint density at radius 1 is 1.12 bits per heavy atom. The van der Waals surface area contributed by atoms with Gasteiger partial charge in [0, 0.05) is 13.0 Å². The number of amides is 1. The van der Waals surface area contributed by atoms with Gasteiger partial charge in [-0.1, -0.05) is 31.2 Å². The summed E-state index contributed by atoms with van der Waals surface area (Å²) in [5.41, 5.74) is 1.82. The normalized spacial score (nSPS) is 12.0. The molecule has 1 unspecified atom stereocenters. The first-order chi connectivity index (χ1) is 11.4. The van der Waals surface area contributed by atoms with Crippen molar-refractivity contribution in [1.29, 1.82) is 0 Å². The van der Waals surface area contributed by atoms with Crippen LogP contribution in [0.15, 0.2) is 48.5 Å². The topological polar surface area (TPSA) is 38.3 Å². The molecule has 128 valence electrons. The van der Waals surface area contributed by atoms with Crippen molar-refractivity contribution >= 4 is 5.91 Å². The average molecular weight is 329 g/mol. The lowest BCUT2D eigenvalue weighted by Gasteiger charge is -2.13. The molecule has 3 nitrogen and oxygen atoms in total. The Bertz CT molecular complexity index is 685. The second kappa shape index (κ2) is 8.48. The van der Waals surface area contributed by atoms with Crippen molar-refractivity contribution in [1.82, 2.24) is 5.32 Å². The molecule has 1 N–H and O–H groups in total. The maximum Gasteiger partial charge on any atom is 0.220 e. The lowest BCUT2D eigenvalue weighted by atomic mass is 9.97. The smallest absolute Gasteiger partial charge is 0.220 e. The fourth-order valence-electron chi connectivity index (χ4n) is 2.48. The molecule has 2 aromatic rings. The summed E-state index contributed by atoms with van der Waals surface area (Å²) in [4.78, 5) is 12.1. The lowest BCUT2D eigenvalue weighted by Crippen LogP contribution is -2.24. The highest BCUT2D eigenvalue weighted by molar-refractivity contribution is 5.76. The molecule has 0 spiro atoms. The second-order valence-electron chi connectivity index (χ2n) is 6.25. The Balaban J connectivity index is 1.87. The fourth-order valence-corrected chi connectivity index (χ4v) is 2.48. The molecular weight excluding hydrogens is 305 g/mol. The minimum atomic E-state index is -0.276. The fraction of sp³-hybridized carbons (Fsp3) is 0.350. The van der Waals surface area contributed by atoms with Gasteiger partial charge in [0.05, 0.1) is 6.10 Å². The van der Waals surface area contributed by atoms with Crippen molar-refractivity contribution in [2.75, 3.05) is 0 Å². The molecule has 0 aliphatic carbocycles. The van der Waals surface area contributed by atoms with Crippen LogP contribution in [0.5, 0.6) is 5.75 Å². The van der Waals surface area contributed by atoms with Gasteiger partial charge in [-0.05, 0) is 55.2 Å². The van der Waals surface area contributed by atoms with Crippen LogP contribution in [0, 0.1) is 5.82 Å². The van der Waals surface area contributed by atoms with E-state index in [1.54, 1.807) is 6.07 Å². The molecule has 0 aliphatic heterocycles. The Labute approximate surface area is 142 Å². The van der Waals surface area contributed by atoms with Gasteiger partial charge < -0.3 is 10.1 Å². The van der Waals surface area contributed by atoms with Gasteiger partial charge in [0.1, 0.15) is 11.6 Å². The number of rotatable bonds is 7. The van der Waals surface area contributed by atoms with Crippen molar-refractivity contribution in [2.24, 2.45) is 0 Å². The number of benzene rings is 2. The van der Waals surface area contributed by atoms with E-state index in [-0.39, 0.29) is 23.7 Å². The van der Waals surface area contributed by atoms with Crippen LogP contribution in [0.1, 0.15) is 44.2 Å². The second-order valence-corrected chi connectivity index (χ2v) is 6.25. The van der Waals surface area contributed by atoms with E-state index in [1.165, 1.54) is 12.1 Å². The summed E-state index contributed by atoms with van der Waals surface area (Å²) in [5, 5.41) is 2.91. The third-order valence-electron chi connectivity index (χ3n) is 3.67. The summed E-state index contributed by atoms with van der Waals surface area (Å²) in [5.74, 6) is 0.435. The molecule has 0 aliphatic rings. The predicted molar refractivity (Wildman–Crippen MR) is 93.5 cm³/mol. The van der Waals surface area contributed by atoms with E-state index in [0.717, 1.165) is 16.9 Å². The third-order valence-corrected chi connectivity index (χ3v) is 3.67. The minimum Gasteiger partial charge on any atom is -0.491 e. The summed E-state index contributed by atoms with van der Waals surface area (Å²) < 4.78 is 18.9. The average Bonchev–Trinajstić information content (AvgIpc) is 2.52. The van der Waals surface area contributed by atoms with E-state index in [4.69, 9.17) is 4.74 Å². The minimum absolute atomic E-state index is 0.0312. The van der Waals surface area contributed by atoms with Crippen LogP contribution in [-0.4, -0.2) is 12.0 Å². The molecule has 0 aromatic heterocycles. The first kappa shape index (κ1) is 18.0. The monoisotopic (exact) mass is 329 g/mol. The summed E-state index contributed by atoms with van der Waals surface area (Å²) >= 11 is 0. The number of nitrogens with one attached hydrogen (secondary N) is 1. The van der Waals surface area contributed by atoms with Gasteiger partial charge in [-0.15, -0.1) is 0 Å². The van der Waals surface area contributed by atoms with E-state index < -0.39 is 0 Å². The van der Waals surface area contributed by atoms with Gasteiger partial charge in [-0.25, -0.2) is 4.39 Å². The van der Waals surface area contributed by atoms with E-state index in [1.807, 2.05) is 51.1 Å². The first-order valence-electron chi connectivity index (χ1n) is 8.22. The molecule has 1 atom stereocenters. The Kier molecular flexibility index (Phi) is 6.36. The molecule has 0 saturated heterocycles. The molecule has 0 bridgehead atoms. The van der Waals surface area contributed by atoms with Crippen LogP contribution in [-0.2, 0) is 11.3 Å². The molecule has 4 heteroatoms. The number of halogens is 1. The van der Waals surface area contributed by atoms with Crippen molar-refractivity contribution in [3.05, 3.63) is 65.5 Å². The van der Waals surface area contributed by atoms with Crippen LogP contribution < -0.4 is 10.1 Å². The molecule has 2 aromatic carbocycles. The van der Waals surface area contributed by atoms with Crippen molar-refractivity contribution < 1.29 is 13.9 Å². The number of hydrogen-bond donors (Lipinski definition) is 1. The Morgan fingerprint density at radius 3 is 2.58 bits per heavy atom. The highest BCUT2D eigenvalue weighted by Gasteiger charge is 2.12. The lowest BCUT2D eigenvalue weighted by molar-refractivity contribution is -0.121. The maximum atomic E-state index is 13.3. The van der Waals surface area contributed by atoms with Gasteiger partial charge in [0.15, 0.2) is 0 Å².